The molecule has 0 aromatic carbocycles. The molecule has 0 aromatic heterocycles. The van der Waals surface area contributed by atoms with Gasteiger partial charge >= 0.3 is 0 Å². The highest BCUT2D eigenvalue weighted by molar-refractivity contribution is 5.86. The van der Waals surface area contributed by atoms with Crippen molar-refractivity contribution in [2.24, 2.45) is 17.8 Å². The molecule has 2 fully saturated rings. The first-order valence-electron chi connectivity index (χ1n) is 4.75. The Morgan fingerprint density at radius 1 is 1.33 bits per heavy atom. The molecule has 0 heterocycles. The fourth-order valence-corrected chi connectivity index (χ4v) is 2.72. The Hall–Kier alpha value is -0.840. The lowest BCUT2D eigenvalue weighted by Crippen LogP contribution is -2.19. The largest absolute Gasteiger partial charge is 0.298 e. The van der Waals surface area contributed by atoms with Crippen LogP contribution in [0, 0.1) is 29.1 Å². The molecule has 0 N–H and O–H groups in total. The number of fused-ring (bicyclic) bond motifs is 1. The Morgan fingerprint density at radius 2 is 2.08 bits per heavy atom. The number of hydrogen-bond acceptors (Lipinski definition) is 2. The zero-order chi connectivity index (χ0) is 8.55. The van der Waals surface area contributed by atoms with Crippen LogP contribution in [0.25, 0.3) is 0 Å². The number of nitriles is 1. The summed E-state index contributed by atoms with van der Waals surface area (Å²) in [7, 11) is 0. The van der Waals surface area contributed by atoms with E-state index in [1.807, 2.05) is 0 Å². The summed E-state index contributed by atoms with van der Waals surface area (Å²) in [5.74, 6) is 0.914. The molecule has 3 atom stereocenters. The normalized spacial score (nSPS) is 40.6. The first-order chi connectivity index (χ1) is 5.83. The number of carbonyl (C=O) groups excluding carboxylic acids is 1. The molecule has 2 nitrogen and oxygen atoms in total. The number of ketones is 1. The van der Waals surface area contributed by atoms with Crippen LogP contribution in [0.2, 0.25) is 0 Å². The third-order valence-corrected chi connectivity index (χ3v) is 3.35. The first-order valence-corrected chi connectivity index (χ1v) is 4.75. The maximum absolute atomic E-state index is 11.3. The van der Waals surface area contributed by atoms with Crippen molar-refractivity contribution in [2.75, 3.05) is 0 Å². The Kier molecular flexibility index (Phi) is 1.88. The van der Waals surface area contributed by atoms with E-state index in [4.69, 9.17) is 5.26 Å². The highest BCUT2D eigenvalue weighted by Crippen LogP contribution is 2.43. The quantitative estimate of drug-likeness (QED) is 0.547. The number of rotatable bonds is 0. The number of Topliss-reactive ketones (excluding diaryl/α,β-unsaturated/α-hetero) is 1. The molecule has 64 valence electrons. The Morgan fingerprint density at radius 3 is 2.83 bits per heavy atom. The molecular formula is C10H13NO. The molecule has 2 aliphatic carbocycles. The molecule has 0 saturated heterocycles. The van der Waals surface area contributed by atoms with Crippen LogP contribution in [0.15, 0.2) is 0 Å². The van der Waals surface area contributed by atoms with E-state index in [-0.39, 0.29) is 11.7 Å². The molecule has 0 amide bonds. The minimum Gasteiger partial charge on any atom is -0.298 e. The summed E-state index contributed by atoms with van der Waals surface area (Å²) in [4.78, 5) is 11.3. The molecule has 0 aromatic rings. The summed E-state index contributed by atoms with van der Waals surface area (Å²) in [6, 6.07) is 2.16. The third kappa shape index (κ3) is 1.04. The Labute approximate surface area is 72.6 Å². The van der Waals surface area contributed by atoms with Gasteiger partial charge in [-0.1, -0.05) is 12.8 Å². The van der Waals surface area contributed by atoms with Crippen LogP contribution >= 0.6 is 0 Å². The van der Waals surface area contributed by atoms with Gasteiger partial charge in [0.25, 0.3) is 0 Å². The van der Waals surface area contributed by atoms with Crippen LogP contribution in [-0.2, 0) is 4.79 Å². The lowest BCUT2D eigenvalue weighted by molar-refractivity contribution is -0.119. The Balaban J connectivity index is 2.17. The van der Waals surface area contributed by atoms with Crippen molar-refractivity contribution < 1.29 is 4.79 Å². The summed E-state index contributed by atoms with van der Waals surface area (Å²) < 4.78 is 0. The molecule has 2 saturated carbocycles. The van der Waals surface area contributed by atoms with E-state index in [1.54, 1.807) is 0 Å². The van der Waals surface area contributed by atoms with Crippen molar-refractivity contribution in [3.8, 4) is 6.07 Å². The van der Waals surface area contributed by atoms with Crippen LogP contribution in [0.3, 0.4) is 0 Å². The monoisotopic (exact) mass is 163 g/mol. The standard InChI is InChI=1S/C10H13NO/c11-6-9-8-4-2-1-3-7(8)5-10(9)12/h7-9H,1-5H2/t7-,8+,9+/m0/s1. The van der Waals surface area contributed by atoms with Gasteiger partial charge in [-0.15, -0.1) is 0 Å². The summed E-state index contributed by atoms with van der Waals surface area (Å²) in [5, 5.41) is 8.80. The minimum absolute atomic E-state index is 0.203. The van der Waals surface area contributed by atoms with Crippen molar-refractivity contribution in [1.82, 2.24) is 0 Å². The zero-order valence-electron chi connectivity index (χ0n) is 7.12. The van der Waals surface area contributed by atoms with Gasteiger partial charge in [-0.3, -0.25) is 4.79 Å². The summed E-state index contributed by atoms with van der Waals surface area (Å²) in [6.45, 7) is 0. The van der Waals surface area contributed by atoms with Crippen molar-refractivity contribution in [2.45, 2.75) is 32.1 Å². The number of nitrogens with zero attached hydrogens (tertiary/aromatic N) is 1. The molecule has 0 bridgehead atoms. The van der Waals surface area contributed by atoms with Crippen LogP contribution < -0.4 is 0 Å². The van der Waals surface area contributed by atoms with E-state index in [1.165, 1.54) is 19.3 Å². The van der Waals surface area contributed by atoms with Crippen LogP contribution in [-0.4, -0.2) is 5.78 Å². The summed E-state index contributed by atoms with van der Waals surface area (Å²) >= 11 is 0. The van der Waals surface area contributed by atoms with Crippen molar-refractivity contribution >= 4 is 5.78 Å². The molecule has 2 aliphatic rings. The lowest BCUT2D eigenvalue weighted by atomic mass is 9.78. The van der Waals surface area contributed by atoms with Gasteiger partial charge in [0.1, 0.15) is 5.92 Å². The average molecular weight is 163 g/mol. The smallest absolute Gasteiger partial charge is 0.150 e. The van der Waals surface area contributed by atoms with E-state index in [0.717, 1.165) is 6.42 Å². The van der Waals surface area contributed by atoms with Gasteiger partial charge in [-0.25, -0.2) is 0 Å². The molecule has 0 spiro atoms. The van der Waals surface area contributed by atoms with Crippen molar-refractivity contribution in [1.29, 1.82) is 5.26 Å². The first kappa shape index (κ1) is 7.79. The third-order valence-electron chi connectivity index (χ3n) is 3.35. The van der Waals surface area contributed by atoms with E-state index >= 15 is 0 Å². The maximum Gasteiger partial charge on any atom is 0.150 e. The van der Waals surface area contributed by atoms with Crippen molar-refractivity contribution in [3.05, 3.63) is 0 Å². The maximum atomic E-state index is 11.3. The predicted molar refractivity (Wildman–Crippen MR) is 44.2 cm³/mol. The van der Waals surface area contributed by atoms with Crippen molar-refractivity contribution in [3.63, 3.8) is 0 Å². The van der Waals surface area contributed by atoms with Gasteiger partial charge in [-0.05, 0) is 24.7 Å². The molecular weight excluding hydrogens is 150 g/mol. The van der Waals surface area contributed by atoms with E-state index in [2.05, 4.69) is 6.07 Å². The predicted octanol–water partition coefficient (Wildman–Crippen LogP) is 1.91. The fourth-order valence-electron chi connectivity index (χ4n) is 2.72. The van der Waals surface area contributed by atoms with E-state index in [9.17, 15) is 4.79 Å². The molecule has 0 radical (unpaired) electrons. The highest BCUT2D eigenvalue weighted by Gasteiger charge is 2.43. The van der Waals surface area contributed by atoms with Crippen LogP contribution in [0.4, 0.5) is 0 Å². The zero-order valence-corrected chi connectivity index (χ0v) is 7.12. The second-order valence-corrected chi connectivity index (χ2v) is 3.99. The Bertz CT molecular complexity index is 241. The molecule has 0 unspecified atom stereocenters. The SMILES string of the molecule is N#C[C@H]1C(=O)C[C@@H]2CCCC[C@H]21. The van der Waals surface area contributed by atoms with Gasteiger partial charge in [0, 0.05) is 6.42 Å². The topological polar surface area (TPSA) is 40.9 Å². The molecule has 2 heteroatoms. The van der Waals surface area contributed by atoms with Crippen LogP contribution in [0.5, 0.6) is 0 Å². The molecule has 0 aliphatic heterocycles. The number of carbonyl (C=O) groups is 1. The van der Waals surface area contributed by atoms with Gasteiger partial charge < -0.3 is 0 Å². The highest BCUT2D eigenvalue weighted by atomic mass is 16.1. The summed E-state index contributed by atoms with van der Waals surface area (Å²) in [5.41, 5.74) is 0. The molecule has 2 rings (SSSR count). The van der Waals surface area contributed by atoms with Gasteiger partial charge in [0.15, 0.2) is 5.78 Å². The fraction of sp³-hybridized carbons (Fsp3) is 0.800. The lowest BCUT2D eigenvalue weighted by Gasteiger charge is -2.25. The van der Waals surface area contributed by atoms with E-state index < -0.39 is 0 Å². The molecule has 12 heavy (non-hydrogen) atoms. The number of hydrogen-bond donors (Lipinski definition) is 0. The second kappa shape index (κ2) is 2.90. The van der Waals surface area contributed by atoms with Gasteiger partial charge in [-0.2, -0.15) is 5.26 Å². The van der Waals surface area contributed by atoms with Crippen LogP contribution in [0.1, 0.15) is 32.1 Å². The minimum atomic E-state index is -0.254. The average Bonchev–Trinajstić information content (AvgIpc) is 2.40. The second-order valence-electron chi connectivity index (χ2n) is 3.99. The summed E-state index contributed by atoms with van der Waals surface area (Å²) in [6.07, 6.45) is 5.44. The van der Waals surface area contributed by atoms with E-state index in [0.29, 0.717) is 18.3 Å². The van der Waals surface area contributed by atoms with Gasteiger partial charge in [0.05, 0.1) is 6.07 Å². The van der Waals surface area contributed by atoms with Gasteiger partial charge in [0.2, 0.25) is 0 Å².